The van der Waals surface area contributed by atoms with Crippen molar-refractivity contribution in [2.75, 3.05) is 11.4 Å². The van der Waals surface area contributed by atoms with Gasteiger partial charge in [-0.25, -0.2) is 4.79 Å². The van der Waals surface area contributed by atoms with E-state index in [1.165, 1.54) is 17.0 Å². The molecule has 9 heteroatoms. The van der Waals surface area contributed by atoms with Gasteiger partial charge in [-0.15, -0.1) is 0 Å². The van der Waals surface area contributed by atoms with Gasteiger partial charge in [0.1, 0.15) is 17.6 Å². The number of nitrogens with one attached hydrogen (secondary N) is 1. The third-order valence-electron chi connectivity index (χ3n) is 6.03. The molecule has 1 unspecified atom stereocenters. The van der Waals surface area contributed by atoms with E-state index >= 15 is 0 Å². The molecule has 1 aliphatic rings. The summed E-state index contributed by atoms with van der Waals surface area (Å²) in [5.74, 6) is -0.955. The number of hydrogen-bond acceptors (Lipinski definition) is 5. The summed E-state index contributed by atoms with van der Waals surface area (Å²) in [4.78, 5) is 41.9. The molecule has 1 atom stereocenters. The van der Waals surface area contributed by atoms with Crippen molar-refractivity contribution in [2.45, 2.75) is 25.4 Å². The molecule has 184 valence electrons. The first-order valence-electron chi connectivity index (χ1n) is 11.5. The van der Waals surface area contributed by atoms with E-state index in [9.17, 15) is 14.4 Å². The Bertz CT molecular complexity index is 1280. The molecule has 4 rings (SSSR count). The molecule has 0 saturated carbocycles. The number of nitrogens with zero attached hydrogens (tertiary/aromatic N) is 2. The topological polar surface area (TPSA) is 143 Å². The quantitative estimate of drug-likeness (QED) is 0.204. The number of fused-ring (bicyclic) bond motifs is 1. The minimum atomic E-state index is -1.16. The van der Waals surface area contributed by atoms with Gasteiger partial charge in [-0.2, -0.15) is 0 Å². The highest BCUT2D eigenvalue weighted by molar-refractivity contribution is 6.02. The van der Waals surface area contributed by atoms with Gasteiger partial charge in [0.2, 0.25) is 5.91 Å². The van der Waals surface area contributed by atoms with Crippen LogP contribution in [0.15, 0.2) is 78.9 Å². The molecular formula is C27H27N5O4. The summed E-state index contributed by atoms with van der Waals surface area (Å²) in [6.45, 7) is 0.686. The number of nitrogen functional groups attached to an aromatic ring is 1. The van der Waals surface area contributed by atoms with Crippen LogP contribution < -0.4 is 21.1 Å². The largest absolute Gasteiger partial charge is 0.426 e. The number of nitrogens with two attached hydrogens (primary N) is 2. The van der Waals surface area contributed by atoms with Gasteiger partial charge in [-0.05, 0) is 47.9 Å². The van der Waals surface area contributed by atoms with Crippen LogP contribution in [0.1, 0.15) is 23.1 Å². The number of carbonyl (C=O) groups is 3. The van der Waals surface area contributed by atoms with Crippen LogP contribution in [0.25, 0.3) is 0 Å². The monoisotopic (exact) mass is 485 g/mol. The number of esters is 1. The molecule has 0 fully saturated rings. The normalized spacial score (nSPS) is 15.1. The van der Waals surface area contributed by atoms with E-state index in [-0.39, 0.29) is 30.5 Å². The van der Waals surface area contributed by atoms with Crippen molar-refractivity contribution < 1.29 is 19.1 Å². The summed E-state index contributed by atoms with van der Waals surface area (Å²) in [6.07, 6.45) is 0.234. The summed E-state index contributed by atoms with van der Waals surface area (Å²) in [5, 5.41) is 7.47. The van der Waals surface area contributed by atoms with Crippen LogP contribution in [0.4, 0.5) is 10.5 Å². The molecule has 5 N–H and O–H groups in total. The summed E-state index contributed by atoms with van der Waals surface area (Å²) >= 11 is 0. The summed E-state index contributed by atoms with van der Waals surface area (Å²) < 4.78 is 5.42. The highest BCUT2D eigenvalue weighted by atomic mass is 16.5. The smallest absolute Gasteiger partial charge is 0.320 e. The second-order valence-corrected chi connectivity index (χ2v) is 8.46. The van der Waals surface area contributed by atoms with Crippen LogP contribution in [0.3, 0.4) is 0 Å². The maximum absolute atomic E-state index is 13.7. The predicted octanol–water partition coefficient (Wildman–Crippen LogP) is 2.80. The number of ether oxygens (including phenoxy) is 1. The summed E-state index contributed by atoms with van der Waals surface area (Å²) in [5.41, 5.74) is 14.0. The highest BCUT2D eigenvalue weighted by Crippen LogP contribution is 2.30. The maximum Gasteiger partial charge on any atom is 0.320 e. The number of carbonyl (C=O) groups excluding carboxylic acids is 3. The van der Waals surface area contributed by atoms with Gasteiger partial charge in [0, 0.05) is 18.7 Å². The lowest BCUT2D eigenvalue weighted by atomic mass is 10.1. The van der Waals surface area contributed by atoms with Crippen LogP contribution in [-0.2, 0) is 22.6 Å². The SMILES string of the molecule is N=C(N)c1ccc(OC(=O)CC2C(=O)N(CCc3ccccc3)Cc3ccccc3N2C(N)=O)cc1. The van der Waals surface area contributed by atoms with Crippen molar-refractivity contribution in [3.05, 3.63) is 95.6 Å². The number of rotatable bonds is 7. The maximum atomic E-state index is 13.7. The predicted molar refractivity (Wildman–Crippen MR) is 136 cm³/mol. The minimum Gasteiger partial charge on any atom is -0.426 e. The first-order valence-corrected chi connectivity index (χ1v) is 11.5. The van der Waals surface area contributed by atoms with E-state index in [1.54, 1.807) is 29.2 Å². The Kier molecular flexibility index (Phi) is 7.29. The Morgan fingerprint density at radius 1 is 0.944 bits per heavy atom. The van der Waals surface area contributed by atoms with E-state index in [0.717, 1.165) is 11.1 Å². The van der Waals surface area contributed by atoms with Crippen LogP contribution in [-0.4, -0.2) is 41.2 Å². The number of primary amides is 1. The van der Waals surface area contributed by atoms with Crippen molar-refractivity contribution in [3.63, 3.8) is 0 Å². The Morgan fingerprint density at radius 3 is 2.28 bits per heavy atom. The lowest BCUT2D eigenvalue weighted by Crippen LogP contribution is -2.52. The zero-order valence-electron chi connectivity index (χ0n) is 19.6. The zero-order chi connectivity index (χ0) is 25.7. The fraction of sp³-hybridized carbons (Fsp3) is 0.185. The molecule has 0 spiro atoms. The number of amides is 3. The van der Waals surface area contributed by atoms with E-state index in [4.69, 9.17) is 21.6 Å². The number of hydrogen-bond donors (Lipinski definition) is 3. The molecular weight excluding hydrogens is 458 g/mol. The van der Waals surface area contributed by atoms with Gasteiger partial charge in [-0.3, -0.25) is 19.9 Å². The van der Waals surface area contributed by atoms with Gasteiger partial charge in [0.15, 0.2) is 0 Å². The molecule has 0 bridgehead atoms. The Labute approximate surface area is 208 Å². The van der Waals surface area contributed by atoms with Gasteiger partial charge in [0.25, 0.3) is 0 Å². The van der Waals surface area contributed by atoms with E-state index in [2.05, 4.69) is 0 Å². The lowest BCUT2D eigenvalue weighted by Gasteiger charge is -2.29. The van der Waals surface area contributed by atoms with E-state index in [1.807, 2.05) is 42.5 Å². The standard InChI is InChI=1S/C27H27N5O4/c28-25(29)19-10-12-21(13-11-19)36-24(33)16-23-26(34)31(15-14-18-6-2-1-3-7-18)17-20-8-4-5-9-22(20)32(23)27(30)35/h1-13,23H,14-17H2,(H3,28,29)(H2,30,35). The van der Waals surface area contributed by atoms with Crippen LogP contribution >= 0.6 is 0 Å². The van der Waals surface area contributed by atoms with Crippen molar-refractivity contribution in [1.29, 1.82) is 5.41 Å². The molecule has 3 aromatic carbocycles. The fourth-order valence-corrected chi connectivity index (χ4v) is 4.23. The van der Waals surface area contributed by atoms with Gasteiger partial charge in [0.05, 0.1) is 12.1 Å². The van der Waals surface area contributed by atoms with Crippen molar-refractivity contribution in [1.82, 2.24) is 4.90 Å². The highest BCUT2D eigenvalue weighted by Gasteiger charge is 2.39. The first kappa shape index (κ1) is 24.5. The first-order chi connectivity index (χ1) is 17.3. The molecule has 0 aliphatic carbocycles. The Hall–Kier alpha value is -4.66. The minimum absolute atomic E-state index is 0.108. The molecule has 0 radical (unpaired) electrons. The van der Waals surface area contributed by atoms with E-state index < -0.39 is 18.0 Å². The van der Waals surface area contributed by atoms with Crippen molar-refractivity contribution >= 4 is 29.4 Å². The Balaban J connectivity index is 1.59. The van der Waals surface area contributed by atoms with E-state index in [0.29, 0.717) is 24.2 Å². The van der Waals surface area contributed by atoms with Crippen LogP contribution in [0, 0.1) is 5.41 Å². The third-order valence-corrected chi connectivity index (χ3v) is 6.03. The molecule has 3 aromatic rings. The third kappa shape index (κ3) is 5.52. The van der Waals surface area contributed by atoms with Crippen molar-refractivity contribution in [2.24, 2.45) is 11.5 Å². The molecule has 9 nitrogen and oxygen atoms in total. The van der Waals surface area contributed by atoms with Gasteiger partial charge < -0.3 is 21.1 Å². The number of amidine groups is 1. The van der Waals surface area contributed by atoms with Crippen LogP contribution in [0.2, 0.25) is 0 Å². The lowest BCUT2D eigenvalue weighted by molar-refractivity contribution is -0.140. The molecule has 0 saturated heterocycles. The summed E-state index contributed by atoms with van der Waals surface area (Å²) in [6, 6.07) is 21.0. The molecule has 0 aromatic heterocycles. The van der Waals surface area contributed by atoms with Crippen LogP contribution in [0.5, 0.6) is 5.75 Å². The second kappa shape index (κ2) is 10.7. The number of benzene rings is 3. The number of para-hydroxylation sites is 1. The van der Waals surface area contributed by atoms with Crippen molar-refractivity contribution in [3.8, 4) is 5.75 Å². The van der Waals surface area contributed by atoms with Gasteiger partial charge >= 0.3 is 12.0 Å². The molecule has 3 amide bonds. The summed E-state index contributed by atoms with van der Waals surface area (Å²) in [7, 11) is 0. The zero-order valence-corrected chi connectivity index (χ0v) is 19.6. The average molecular weight is 486 g/mol. The number of urea groups is 1. The molecule has 1 aliphatic heterocycles. The fourth-order valence-electron chi connectivity index (χ4n) is 4.23. The molecule has 36 heavy (non-hydrogen) atoms. The number of anilines is 1. The second-order valence-electron chi connectivity index (χ2n) is 8.46. The molecule has 1 heterocycles. The van der Waals surface area contributed by atoms with Gasteiger partial charge in [-0.1, -0.05) is 48.5 Å². The Morgan fingerprint density at radius 2 is 1.61 bits per heavy atom. The average Bonchev–Trinajstić information content (AvgIpc) is 2.98.